The van der Waals surface area contributed by atoms with Crippen molar-refractivity contribution in [3.63, 3.8) is 0 Å². The molecule has 0 unspecified atom stereocenters. The summed E-state index contributed by atoms with van der Waals surface area (Å²) in [6, 6.07) is 5.08. The summed E-state index contributed by atoms with van der Waals surface area (Å²) < 4.78 is 18.9. The SMILES string of the molecule is CCCCCCOc1ccc(CBr)cc1F. The maximum absolute atomic E-state index is 13.5. The van der Waals surface area contributed by atoms with Crippen molar-refractivity contribution < 1.29 is 9.13 Å². The summed E-state index contributed by atoms with van der Waals surface area (Å²) in [6.45, 7) is 2.77. The molecule has 0 saturated carbocycles. The van der Waals surface area contributed by atoms with Crippen molar-refractivity contribution in [1.29, 1.82) is 0 Å². The largest absolute Gasteiger partial charge is 0.491 e. The number of halogens is 2. The second-order valence-electron chi connectivity index (χ2n) is 3.81. The van der Waals surface area contributed by atoms with E-state index in [0.29, 0.717) is 17.7 Å². The van der Waals surface area contributed by atoms with Gasteiger partial charge in [-0.2, -0.15) is 0 Å². The minimum Gasteiger partial charge on any atom is -0.491 e. The zero-order valence-electron chi connectivity index (χ0n) is 9.64. The summed E-state index contributed by atoms with van der Waals surface area (Å²) in [5.41, 5.74) is 0.927. The van der Waals surface area contributed by atoms with E-state index in [1.165, 1.54) is 18.9 Å². The first-order chi connectivity index (χ1) is 7.77. The van der Waals surface area contributed by atoms with E-state index in [-0.39, 0.29) is 5.82 Å². The van der Waals surface area contributed by atoms with Gasteiger partial charge in [-0.1, -0.05) is 48.2 Å². The Morgan fingerprint density at radius 1 is 1.25 bits per heavy atom. The van der Waals surface area contributed by atoms with E-state index in [1.54, 1.807) is 6.07 Å². The Morgan fingerprint density at radius 2 is 2.06 bits per heavy atom. The van der Waals surface area contributed by atoms with E-state index in [2.05, 4.69) is 22.9 Å². The van der Waals surface area contributed by atoms with Crippen LogP contribution in [0, 0.1) is 5.82 Å². The molecule has 0 spiro atoms. The fraction of sp³-hybridized carbons (Fsp3) is 0.538. The number of rotatable bonds is 7. The molecule has 1 aromatic carbocycles. The molecule has 1 nitrogen and oxygen atoms in total. The van der Waals surface area contributed by atoms with Crippen LogP contribution in [0.15, 0.2) is 18.2 Å². The van der Waals surface area contributed by atoms with Gasteiger partial charge in [0.05, 0.1) is 6.61 Å². The van der Waals surface area contributed by atoms with Crippen molar-refractivity contribution in [2.45, 2.75) is 37.9 Å². The first-order valence-electron chi connectivity index (χ1n) is 5.75. The average molecular weight is 289 g/mol. The lowest BCUT2D eigenvalue weighted by molar-refractivity contribution is 0.290. The predicted octanol–water partition coefficient (Wildman–Crippen LogP) is 4.68. The van der Waals surface area contributed by atoms with Crippen LogP contribution in [0.25, 0.3) is 0 Å². The first-order valence-corrected chi connectivity index (χ1v) is 6.87. The molecule has 0 amide bonds. The number of hydrogen-bond acceptors (Lipinski definition) is 1. The summed E-state index contributed by atoms with van der Waals surface area (Å²) in [7, 11) is 0. The topological polar surface area (TPSA) is 9.23 Å². The Morgan fingerprint density at radius 3 is 2.69 bits per heavy atom. The predicted molar refractivity (Wildman–Crippen MR) is 68.7 cm³/mol. The third kappa shape index (κ3) is 4.52. The van der Waals surface area contributed by atoms with E-state index in [9.17, 15) is 4.39 Å². The Kier molecular flexibility index (Phi) is 6.46. The molecule has 0 atom stereocenters. The van der Waals surface area contributed by atoms with Gasteiger partial charge >= 0.3 is 0 Å². The van der Waals surface area contributed by atoms with Crippen LogP contribution in [0.3, 0.4) is 0 Å². The minimum atomic E-state index is -0.271. The highest BCUT2D eigenvalue weighted by Gasteiger charge is 2.03. The highest BCUT2D eigenvalue weighted by Crippen LogP contribution is 2.20. The van der Waals surface area contributed by atoms with Crippen LogP contribution in [0.2, 0.25) is 0 Å². The zero-order valence-corrected chi connectivity index (χ0v) is 11.2. The van der Waals surface area contributed by atoms with Crippen LogP contribution in [-0.2, 0) is 5.33 Å². The molecule has 0 saturated heterocycles. The van der Waals surface area contributed by atoms with E-state index in [4.69, 9.17) is 4.74 Å². The smallest absolute Gasteiger partial charge is 0.165 e. The summed E-state index contributed by atoms with van der Waals surface area (Å²) in [6.07, 6.45) is 4.56. The van der Waals surface area contributed by atoms with Gasteiger partial charge in [-0.15, -0.1) is 0 Å². The third-order valence-corrected chi connectivity index (χ3v) is 3.05. The lowest BCUT2D eigenvalue weighted by atomic mass is 10.2. The van der Waals surface area contributed by atoms with Gasteiger partial charge in [-0.3, -0.25) is 0 Å². The monoisotopic (exact) mass is 288 g/mol. The maximum Gasteiger partial charge on any atom is 0.165 e. The lowest BCUT2D eigenvalue weighted by Crippen LogP contribution is -1.99. The van der Waals surface area contributed by atoms with Crippen LogP contribution in [-0.4, -0.2) is 6.61 Å². The van der Waals surface area contributed by atoms with Crippen molar-refractivity contribution in [3.05, 3.63) is 29.6 Å². The Labute approximate surface area is 105 Å². The van der Waals surface area contributed by atoms with Crippen LogP contribution < -0.4 is 4.74 Å². The van der Waals surface area contributed by atoms with E-state index >= 15 is 0 Å². The molecule has 0 radical (unpaired) electrons. The molecule has 1 rings (SSSR count). The number of alkyl halides is 1. The summed E-state index contributed by atoms with van der Waals surface area (Å²) in [5.74, 6) is 0.0913. The number of benzene rings is 1. The quantitative estimate of drug-likeness (QED) is 0.523. The molecule has 1 aromatic rings. The number of ether oxygens (including phenoxy) is 1. The second-order valence-corrected chi connectivity index (χ2v) is 4.37. The van der Waals surface area contributed by atoms with Gasteiger partial charge in [-0.05, 0) is 24.1 Å². The molecule has 90 valence electrons. The van der Waals surface area contributed by atoms with Gasteiger partial charge < -0.3 is 4.74 Å². The lowest BCUT2D eigenvalue weighted by Gasteiger charge is -2.07. The van der Waals surface area contributed by atoms with Crippen molar-refractivity contribution in [3.8, 4) is 5.75 Å². The Balaban J connectivity index is 2.36. The Bertz CT molecular complexity index is 315. The average Bonchev–Trinajstić information content (AvgIpc) is 2.30. The Hall–Kier alpha value is -0.570. The van der Waals surface area contributed by atoms with Crippen molar-refractivity contribution in [1.82, 2.24) is 0 Å². The van der Waals surface area contributed by atoms with E-state index in [0.717, 1.165) is 18.4 Å². The highest BCUT2D eigenvalue weighted by molar-refractivity contribution is 9.08. The molecule has 0 bridgehead atoms. The van der Waals surface area contributed by atoms with E-state index < -0.39 is 0 Å². The molecule has 0 heterocycles. The van der Waals surface area contributed by atoms with Gasteiger partial charge in [-0.25, -0.2) is 4.39 Å². The van der Waals surface area contributed by atoms with Gasteiger partial charge in [0.2, 0.25) is 0 Å². The van der Waals surface area contributed by atoms with Crippen LogP contribution >= 0.6 is 15.9 Å². The molecule has 0 aromatic heterocycles. The summed E-state index contributed by atoms with van der Waals surface area (Å²) in [4.78, 5) is 0. The molecule has 0 aliphatic carbocycles. The van der Waals surface area contributed by atoms with Crippen LogP contribution in [0.5, 0.6) is 5.75 Å². The second kappa shape index (κ2) is 7.66. The fourth-order valence-electron chi connectivity index (χ4n) is 1.46. The molecule has 16 heavy (non-hydrogen) atoms. The standard InChI is InChI=1S/C13H18BrFO/c1-2-3-4-5-8-16-13-7-6-11(10-14)9-12(13)15/h6-7,9H,2-5,8,10H2,1H3. The maximum atomic E-state index is 13.5. The fourth-order valence-corrected chi connectivity index (χ4v) is 1.80. The van der Waals surface area contributed by atoms with Gasteiger partial charge in [0.1, 0.15) is 0 Å². The van der Waals surface area contributed by atoms with Crippen LogP contribution in [0.1, 0.15) is 38.2 Å². The van der Waals surface area contributed by atoms with Gasteiger partial charge in [0.25, 0.3) is 0 Å². The first kappa shape index (κ1) is 13.5. The molecular formula is C13H18BrFO. The molecular weight excluding hydrogens is 271 g/mol. The van der Waals surface area contributed by atoms with Crippen molar-refractivity contribution in [2.75, 3.05) is 6.61 Å². The molecule has 0 fully saturated rings. The highest BCUT2D eigenvalue weighted by atomic mass is 79.9. The third-order valence-electron chi connectivity index (χ3n) is 2.41. The molecule has 0 N–H and O–H groups in total. The summed E-state index contributed by atoms with van der Waals surface area (Å²) >= 11 is 3.29. The normalized spacial score (nSPS) is 10.4. The van der Waals surface area contributed by atoms with Crippen LogP contribution in [0.4, 0.5) is 4.39 Å². The van der Waals surface area contributed by atoms with Gasteiger partial charge in [0, 0.05) is 5.33 Å². The minimum absolute atomic E-state index is 0.271. The summed E-state index contributed by atoms with van der Waals surface area (Å²) in [5, 5.41) is 0.667. The molecule has 0 aliphatic rings. The van der Waals surface area contributed by atoms with Gasteiger partial charge in [0.15, 0.2) is 11.6 Å². The molecule has 3 heteroatoms. The number of hydrogen-bond donors (Lipinski definition) is 0. The molecule has 0 aliphatic heterocycles. The van der Waals surface area contributed by atoms with Crippen molar-refractivity contribution >= 4 is 15.9 Å². The van der Waals surface area contributed by atoms with Crippen molar-refractivity contribution in [2.24, 2.45) is 0 Å². The number of unbranched alkanes of at least 4 members (excludes halogenated alkanes) is 3. The van der Waals surface area contributed by atoms with E-state index in [1.807, 2.05) is 6.07 Å². The zero-order chi connectivity index (χ0) is 11.8.